The van der Waals surface area contributed by atoms with Crippen molar-refractivity contribution in [3.05, 3.63) is 58.1 Å². The van der Waals surface area contributed by atoms with E-state index in [0.717, 1.165) is 17.0 Å². The van der Waals surface area contributed by atoms with Crippen molar-refractivity contribution in [1.29, 1.82) is 0 Å². The summed E-state index contributed by atoms with van der Waals surface area (Å²) in [6.45, 7) is 0. The van der Waals surface area contributed by atoms with Gasteiger partial charge in [-0.2, -0.15) is 0 Å². The van der Waals surface area contributed by atoms with Crippen molar-refractivity contribution >= 4 is 28.5 Å². The summed E-state index contributed by atoms with van der Waals surface area (Å²) in [7, 11) is 0. The van der Waals surface area contributed by atoms with Gasteiger partial charge in [0.2, 0.25) is 0 Å². The number of halogens is 1. The summed E-state index contributed by atoms with van der Waals surface area (Å²) in [6.07, 6.45) is 10.7. The molecule has 2 heterocycles. The first-order valence-corrected chi connectivity index (χ1v) is 6.98. The van der Waals surface area contributed by atoms with Crippen molar-refractivity contribution in [2.24, 2.45) is 0 Å². The summed E-state index contributed by atoms with van der Waals surface area (Å²) in [4.78, 5) is 28.2. The van der Waals surface area contributed by atoms with Crippen LogP contribution in [0.2, 0.25) is 0 Å². The second-order valence-electron chi connectivity index (χ2n) is 4.50. The monoisotopic (exact) mass is 332 g/mol. The molecule has 1 aliphatic carbocycles. The molecule has 5 heteroatoms. The predicted octanol–water partition coefficient (Wildman–Crippen LogP) is 3.43. The highest BCUT2D eigenvalue weighted by atomic mass is 79.9. The molecule has 3 rings (SSSR count). The number of carbonyl (C=O) groups excluding carboxylic acids is 2. The minimum Gasteiger partial charge on any atom is -0.298 e. The number of nitrogens with zero attached hydrogens (tertiary/aromatic N) is 2. The molecule has 0 amide bonds. The second kappa shape index (κ2) is 7.05. The van der Waals surface area contributed by atoms with Crippen molar-refractivity contribution in [2.45, 2.75) is 18.8 Å². The first kappa shape index (κ1) is 14.5. The fourth-order valence-electron chi connectivity index (χ4n) is 1.67. The number of hydrogen-bond donors (Lipinski definition) is 0. The molecule has 102 valence electrons. The first-order chi connectivity index (χ1) is 9.72. The van der Waals surface area contributed by atoms with E-state index in [1.807, 2.05) is 12.3 Å². The maximum absolute atomic E-state index is 10.4. The van der Waals surface area contributed by atoms with Gasteiger partial charge in [-0.25, -0.2) is 0 Å². The van der Waals surface area contributed by atoms with Crippen LogP contribution in [-0.4, -0.2) is 22.5 Å². The first-order valence-electron chi connectivity index (χ1n) is 6.19. The quantitative estimate of drug-likeness (QED) is 0.808. The van der Waals surface area contributed by atoms with Crippen LogP contribution in [0.25, 0.3) is 0 Å². The molecule has 1 fully saturated rings. The van der Waals surface area contributed by atoms with Gasteiger partial charge in [-0.3, -0.25) is 19.6 Å². The summed E-state index contributed by atoms with van der Waals surface area (Å²) in [5.74, 6) is 0.683. The Morgan fingerprint density at radius 2 is 1.55 bits per heavy atom. The van der Waals surface area contributed by atoms with E-state index in [0.29, 0.717) is 17.0 Å². The molecule has 0 saturated heterocycles. The molecule has 0 aromatic carbocycles. The standard InChI is InChI=1S/C9H9NO.C6H4BrNO/c11-6-7-3-9(5-10-4-7)8-1-2-8;7-6-1-5(4-9)2-8-3-6/h3-6,8H,1-2H2;1-4H. The second-order valence-corrected chi connectivity index (χ2v) is 5.41. The Labute approximate surface area is 125 Å². The van der Waals surface area contributed by atoms with Gasteiger partial charge in [0, 0.05) is 40.4 Å². The van der Waals surface area contributed by atoms with Gasteiger partial charge in [0.25, 0.3) is 0 Å². The van der Waals surface area contributed by atoms with E-state index in [4.69, 9.17) is 0 Å². The lowest BCUT2D eigenvalue weighted by Crippen LogP contribution is -1.86. The maximum Gasteiger partial charge on any atom is 0.151 e. The summed E-state index contributed by atoms with van der Waals surface area (Å²) < 4.78 is 0.826. The molecule has 0 atom stereocenters. The van der Waals surface area contributed by atoms with Crippen LogP contribution in [0, 0.1) is 0 Å². The molecule has 0 radical (unpaired) electrons. The molecule has 0 spiro atoms. The predicted molar refractivity (Wildman–Crippen MR) is 78.9 cm³/mol. The fourth-order valence-corrected chi connectivity index (χ4v) is 2.06. The minimum atomic E-state index is 0.587. The molecular weight excluding hydrogens is 320 g/mol. The number of pyridine rings is 2. The van der Waals surface area contributed by atoms with Gasteiger partial charge in [-0.1, -0.05) is 0 Å². The zero-order chi connectivity index (χ0) is 14.4. The number of rotatable bonds is 3. The highest BCUT2D eigenvalue weighted by Gasteiger charge is 2.23. The Bertz CT molecular complexity index is 612. The van der Waals surface area contributed by atoms with Gasteiger partial charge < -0.3 is 0 Å². The molecule has 1 aliphatic rings. The van der Waals surface area contributed by atoms with Crippen molar-refractivity contribution in [1.82, 2.24) is 9.97 Å². The van der Waals surface area contributed by atoms with Crippen LogP contribution in [-0.2, 0) is 0 Å². The van der Waals surface area contributed by atoms with Crippen LogP contribution >= 0.6 is 15.9 Å². The fraction of sp³-hybridized carbons (Fsp3) is 0.200. The topological polar surface area (TPSA) is 59.9 Å². The van der Waals surface area contributed by atoms with Crippen molar-refractivity contribution in [3.63, 3.8) is 0 Å². The lowest BCUT2D eigenvalue weighted by Gasteiger charge is -1.95. The number of hydrogen-bond acceptors (Lipinski definition) is 4. The Morgan fingerprint density at radius 3 is 2.05 bits per heavy atom. The van der Waals surface area contributed by atoms with Gasteiger partial charge in [0.15, 0.2) is 12.6 Å². The summed E-state index contributed by atoms with van der Waals surface area (Å²) in [5, 5.41) is 0. The number of aromatic nitrogens is 2. The van der Waals surface area contributed by atoms with E-state index in [9.17, 15) is 9.59 Å². The summed E-state index contributed by atoms with van der Waals surface area (Å²) >= 11 is 3.18. The van der Waals surface area contributed by atoms with E-state index < -0.39 is 0 Å². The summed E-state index contributed by atoms with van der Waals surface area (Å²) in [5.41, 5.74) is 2.49. The lowest BCUT2D eigenvalue weighted by molar-refractivity contribution is 0.111. The van der Waals surface area contributed by atoms with Gasteiger partial charge in [-0.05, 0) is 52.4 Å². The third kappa shape index (κ3) is 4.35. The van der Waals surface area contributed by atoms with Gasteiger partial charge in [-0.15, -0.1) is 0 Å². The largest absolute Gasteiger partial charge is 0.298 e. The van der Waals surface area contributed by atoms with Crippen LogP contribution in [0.5, 0.6) is 0 Å². The van der Waals surface area contributed by atoms with E-state index in [2.05, 4.69) is 25.9 Å². The Kier molecular flexibility index (Phi) is 5.12. The molecule has 4 nitrogen and oxygen atoms in total. The third-order valence-corrected chi connectivity index (χ3v) is 3.26. The molecule has 0 aliphatic heterocycles. The Morgan fingerprint density at radius 1 is 0.950 bits per heavy atom. The highest BCUT2D eigenvalue weighted by molar-refractivity contribution is 9.10. The average Bonchev–Trinajstić information content (AvgIpc) is 3.33. The van der Waals surface area contributed by atoms with Gasteiger partial charge in [0.05, 0.1) is 0 Å². The highest BCUT2D eigenvalue weighted by Crippen LogP contribution is 2.39. The lowest BCUT2D eigenvalue weighted by atomic mass is 10.1. The third-order valence-electron chi connectivity index (χ3n) is 2.83. The Hall–Kier alpha value is -1.88. The molecule has 2 aromatic heterocycles. The van der Waals surface area contributed by atoms with E-state index >= 15 is 0 Å². The van der Waals surface area contributed by atoms with Gasteiger partial charge in [0.1, 0.15) is 0 Å². The molecule has 2 aromatic rings. The van der Waals surface area contributed by atoms with E-state index in [1.54, 1.807) is 18.5 Å². The normalized spacial score (nSPS) is 13.1. The van der Waals surface area contributed by atoms with E-state index in [1.165, 1.54) is 24.6 Å². The van der Waals surface area contributed by atoms with Crippen molar-refractivity contribution in [3.8, 4) is 0 Å². The maximum atomic E-state index is 10.4. The van der Waals surface area contributed by atoms with Crippen LogP contribution in [0.4, 0.5) is 0 Å². The van der Waals surface area contributed by atoms with Crippen LogP contribution in [0.3, 0.4) is 0 Å². The minimum absolute atomic E-state index is 0.587. The molecule has 0 unspecified atom stereocenters. The molecule has 0 N–H and O–H groups in total. The van der Waals surface area contributed by atoms with Crippen LogP contribution < -0.4 is 0 Å². The van der Waals surface area contributed by atoms with Crippen LogP contribution in [0.15, 0.2) is 41.4 Å². The van der Waals surface area contributed by atoms with Crippen LogP contribution in [0.1, 0.15) is 45.0 Å². The molecule has 20 heavy (non-hydrogen) atoms. The summed E-state index contributed by atoms with van der Waals surface area (Å²) in [6, 6.07) is 3.64. The molecular formula is C15H13BrN2O2. The number of aldehydes is 2. The van der Waals surface area contributed by atoms with E-state index in [-0.39, 0.29) is 0 Å². The molecule has 1 saturated carbocycles. The SMILES string of the molecule is O=Cc1cncc(Br)c1.O=Cc1cncc(C2CC2)c1. The zero-order valence-corrected chi connectivity index (χ0v) is 12.3. The van der Waals surface area contributed by atoms with Crippen molar-refractivity contribution < 1.29 is 9.59 Å². The zero-order valence-electron chi connectivity index (χ0n) is 10.7. The number of carbonyl (C=O) groups is 2. The smallest absolute Gasteiger partial charge is 0.151 e. The Balaban J connectivity index is 0.000000151. The van der Waals surface area contributed by atoms with Crippen molar-refractivity contribution in [2.75, 3.05) is 0 Å². The molecule has 0 bridgehead atoms. The van der Waals surface area contributed by atoms with Gasteiger partial charge >= 0.3 is 0 Å². The average molecular weight is 333 g/mol.